The lowest BCUT2D eigenvalue weighted by atomic mass is 10.1. The number of aromatic nitrogens is 1. The highest BCUT2D eigenvalue weighted by atomic mass is 35.5. The van der Waals surface area contributed by atoms with Gasteiger partial charge in [0.2, 0.25) is 0 Å². The predicted octanol–water partition coefficient (Wildman–Crippen LogP) is 4.52. The van der Waals surface area contributed by atoms with Crippen molar-refractivity contribution in [1.29, 1.82) is 0 Å². The summed E-state index contributed by atoms with van der Waals surface area (Å²) in [5.41, 5.74) is 1.08. The minimum atomic E-state index is -0.502. The highest BCUT2D eigenvalue weighted by Gasteiger charge is 2.35. The molecule has 1 saturated heterocycles. The van der Waals surface area contributed by atoms with Gasteiger partial charge in [-0.05, 0) is 51.5 Å². The summed E-state index contributed by atoms with van der Waals surface area (Å²) in [6.07, 6.45) is 3.91. The number of hydrogen-bond acceptors (Lipinski definition) is 4. The molecule has 3 rings (SSSR count). The first-order valence-electron chi connectivity index (χ1n) is 9.15. The summed E-state index contributed by atoms with van der Waals surface area (Å²) in [5.74, 6) is 6.74. The molecule has 0 saturated carbocycles. The first kappa shape index (κ1) is 20.0. The van der Waals surface area contributed by atoms with Gasteiger partial charge in [0.1, 0.15) is 18.0 Å². The molecule has 1 unspecified atom stereocenters. The summed E-state index contributed by atoms with van der Waals surface area (Å²) < 4.78 is 11.2. The zero-order valence-corrected chi connectivity index (χ0v) is 17.0. The normalized spacial score (nSPS) is 15.9. The van der Waals surface area contributed by atoms with Crippen LogP contribution in [0.15, 0.2) is 42.7 Å². The van der Waals surface area contributed by atoms with E-state index < -0.39 is 5.60 Å². The summed E-state index contributed by atoms with van der Waals surface area (Å²) >= 11 is 5.97. The largest absolute Gasteiger partial charge is 0.490 e. The van der Waals surface area contributed by atoms with Crippen LogP contribution in [0.2, 0.25) is 5.02 Å². The summed E-state index contributed by atoms with van der Waals surface area (Å²) in [5, 5.41) is 0.650. The molecular weight excluding hydrogens is 376 g/mol. The number of rotatable bonds is 3. The van der Waals surface area contributed by atoms with Gasteiger partial charge < -0.3 is 14.4 Å². The van der Waals surface area contributed by atoms with E-state index in [0.29, 0.717) is 23.9 Å². The van der Waals surface area contributed by atoms with Crippen molar-refractivity contribution in [1.82, 2.24) is 9.88 Å². The van der Waals surface area contributed by atoms with Gasteiger partial charge >= 0.3 is 6.09 Å². The zero-order valence-electron chi connectivity index (χ0n) is 16.2. The van der Waals surface area contributed by atoms with E-state index in [0.717, 1.165) is 17.5 Å². The maximum absolute atomic E-state index is 12.2. The molecule has 6 heteroatoms. The maximum Gasteiger partial charge on any atom is 0.410 e. The summed E-state index contributed by atoms with van der Waals surface area (Å²) in [4.78, 5) is 18.0. The molecule has 0 radical (unpaired) electrons. The molecule has 1 aliphatic heterocycles. The third kappa shape index (κ3) is 5.64. The van der Waals surface area contributed by atoms with Gasteiger partial charge in [-0.3, -0.25) is 4.98 Å². The molecule has 5 nitrogen and oxygen atoms in total. The number of amides is 1. The molecule has 28 heavy (non-hydrogen) atoms. The lowest BCUT2D eigenvalue weighted by Crippen LogP contribution is -2.55. The summed E-state index contributed by atoms with van der Waals surface area (Å²) in [6.45, 7) is 6.66. The smallest absolute Gasteiger partial charge is 0.410 e. The van der Waals surface area contributed by atoms with Crippen LogP contribution in [0.4, 0.5) is 4.79 Å². The minimum Gasteiger partial charge on any atom is -0.490 e. The van der Waals surface area contributed by atoms with E-state index in [9.17, 15) is 4.79 Å². The number of likely N-dealkylation sites (tertiary alicyclic amines) is 1. The molecular formula is C22H23ClN2O3. The molecule has 1 aliphatic rings. The van der Waals surface area contributed by atoms with Crippen LogP contribution in [0, 0.1) is 11.8 Å². The first-order valence-corrected chi connectivity index (χ1v) is 9.53. The van der Waals surface area contributed by atoms with Gasteiger partial charge in [-0.15, -0.1) is 0 Å². The van der Waals surface area contributed by atoms with E-state index in [1.54, 1.807) is 17.3 Å². The summed E-state index contributed by atoms with van der Waals surface area (Å²) in [6, 6.07) is 9.22. The van der Waals surface area contributed by atoms with Crippen LogP contribution in [0.5, 0.6) is 5.75 Å². The van der Waals surface area contributed by atoms with Gasteiger partial charge in [-0.25, -0.2) is 4.79 Å². The molecule has 0 spiro atoms. The Hall–Kier alpha value is -2.71. The van der Waals surface area contributed by atoms with Gasteiger partial charge in [-0.2, -0.15) is 0 Å². The molecule has 1 fully saturated rings. The molecule has 1 atom stereocenters. The van der Waals surface area contributed by atoms with Gasteiger partial charge in [-0.1, -0.05) is 29.5 Å². The van der Waals surface area contributed by atoms with E-state index in [1.807, 2.05) is 51.1 Å². The second-order valence-corrected chi connectivity index (χ2v) is 8.03. The Morgan fingerprint density at radius 3 is 2.71 bits per heavy atom. The highest BCUT2D eigenvalue weighted by molar-refractivity contribution is 6.30. The van der Waals surface area contributed by atoms with Crippen molar-refractivity contribution in [3.8, 4) is 17.6 Å². The van der Waals surface area contributed by atoms with E-state index >= 15 is 0 Å². The average Bonchev–Trinajstić information content (AvgIpc) is 2.58. The molecule has 1 aromatic heterocycles. The Morgan fingerprint density at radius 1 is 1.25 bits per heavy atom. The Kier molecular flexibility index (Phi) is 6.11. The van der Waals surface area contributed by atoms with Crippen molar-refractivity contribution in [2.24, 2.45) is 0 Å². The van der Waals surface area contributed by atoms with E-state index in [-0.39, 0.29) is 12.1 Å². The fraction of sp³-hybridized carbons (Fsp3) is 0.364. The van der Waals surface area contributed by atoms with Crippen molar-refractivity contribution >= 4 is 17.7 Å². The number of hydrogen-bond donors (Lipinski definition) is 0. The van der Waals surface area contributed by atoms with Crippen LogP contribution < -0.4 is 4.74 Å². The van der Waals surface area contributed by atoms with Gasteiger partial charge in [0.05, 0.1) is 12.2 Å². The van der Waals surface area contributed by atoms with Crippen molar-refractivity contribution in [3.05, 3.63) is 58.9 Å². The third-order valence-corrected chi connectivity index (χ3v) is 4.34. The molecule has 0 N–H and O–H groups in total. The third-order valence-electron chi connectivity index (χ3n) is 4.10. The fourth-order valence-electron chi connectivity index (χ4n) is 2.64. The molecule has 1 aromatic carbocycles. The van der Waals surface area contributed by atoms with Gasteiger partial charge in [0.25, 0.3) is 0 Å². The van der Waals surface area contributed by atoms with E-state index in [2.05, 4.69) is 16.8 Å². The molecule has 146 valence electrons. The van der Waals surface area contributed by atoms with Crippen LogP contribution in [-0.4, -0.2) is 40.8 Å². The van der Waals surface area contributed by atoms with Gasteiger partial charge in [0, 0.05) is 28.9 Å². The number of ether oxygens (including phenoxy) is 2. The highest BCUT2D eigenvalue weighted by Crippen LogP contribution is 2.22. The lowest BCUT2D eigenvalue weighted by Gasteiger charge is -2.40. The average molecular weight is 399 g/mol. The van der Waals surface area contributed by atoms with Crippen LogP contribution in [0.25, 0.3) is 0 Å². The van der Waals surface area contributed by atoms with Crippen LogP contribution in [-0.2, 0) is 4.74 Å². The second-order valence-electron chi connectivity index (χ2n) is 7.60. The number of pyridine rings is 1. The number of carbonyl (C=O) groups is 1. The zero-order chi connectivity index (χ0) is 20.1. The van der Waals surface area contributed by atoms with Crippen molar-refractivity contribution in [3.63, 3.8) is 0 Å². The van der Waals surface area contributed by atoms with E-state index in [4.69, 9.17) is 21.1 Å². The Balaban J connectivity index is 1.58. The first-order chi connectivity index (χ1) is 13.3. The standard InChI is InChI=1S/C22H23ClN2O3/c1-22(2,3)28-21(26)25-10-9-19(25)15-27-20-12-17(13-24-14-20)8-7-16-5-4-6-18(23)11-16/h4-6,11-14,19H,9-10,15H2,1-3H3. The quantitative estimate of drug-likeness (QED) is 0.713. The molecule has 2 aromatic rings. The minimum absolute atomic E-state index is 0.0102. The van der Waals surface area contributed by atoms with Crippen LogP contribution >= 0.6 is 11.6 Å². The number of nitrogens with zero attached hydrogens (tertiary/aromatic N) is 2. The van der Waals surface area contributed by atoms with Crippen molar-refractivity contribution in [2.75, 3.05) is 13.2 Å². The Morgan fingerprint density at radius 2 is 2.04 bits per heavy atom. The van der Waals surface area contributed by atoms with Crippen LogP contribution in [0.1, 0.15) is 38.3 Å². The lowest BCUT2D eigenvalue weighted by molar-refractivity contribution is -0.0141. The monoisotopic (exact) mass is 398 g/mol. The fourth-order valence-corrected chi connectivity index (χ4v) is 2.83. The van der Waals surface area contributed by atoms with Crippen LogP contribution in [0.3, 0.4) is 0 Å². The summed E-state index contributed by atoms with van der Waals surface area (Å²) in [7, 11) is 0. The Bertz CT molecular complexity index is 912. The number of halogens is 1. The number of benzene rings is 1. The van der Waals surface area contributed by atoms with Crippen molar-refractivity contribution in [2.45, 2.75) is 38.8 Å². The molecule has 0 aliphatic carbocycles. The predicted molar refractivity (Wildman–Crippen MR) is 109 cm³/mol. The second kappa shape index (κ2) is 8.53. The Labute approximate surface area is 170 Å². The maximum atomic E-state index is 12.2. The topological polar surface area (TPSA) is 51.7 Å². The van der Waals surface area contributed by atoms with E-state index in [1.165, 1.54) is 0 Å². The molecule has 0 bridgehead atoms. The molecule has 2 heterocycles. The SMILES string of the molecule is CC(C)(C)OC(=O)N1CCC1COc1cncc(C#Cc2cccc(Cl)c2)c1. The van der Waals surface area contributed by atoms with Crippen molar-refractivity contribution < 1.29 is 14.3 Å². The number of carbonyl (C=O) groups excluding carboxylic acids is 1. The van der Waals surface area contributed by atoms with Gasteiger partial charge in [0.15, 0.2) is 0 Å². The molecule has 1 amide bonds.